The molecular weight excluding hydrogens is 376 g/mol. The van der Waals surface area contributed by atoms with Gasteiger partial charge >= 0.3 is 5.97 Å². The van der Waals surface area contributed by atoms with E-state index in [1.807, 2.05) is 0 Å². The van der Waals surface area contributed by atoms with Crippen LogP contribution in [0.5, 0.6) is 0 Å². The Morgan fingerprint density at radius 3 is 2.32 bits per heavy atom. The minimum atomic E-state index is -1.07. The standard InChI is InChI=1S/C21H18N2O4S/c1-27-21(26)15-10-5-6-11-16(15)22-19(18(24)14-8-3-2-4-9-14)23-20(25)17-12-7-13-28-17/h2-13,19,22H,1H3,(H,23,25)/t19-/m1/s1. The maximum absolute atomic E-state index is 13.0. The number of amides is 1. The third-order valence-corrected chi connectivity index (χ3v) is 4.84. The van der Waals surface area contributed by atoms with Crippen LogP contribution in [0, 0.1) is 0 Å². The van der Waals surface area contributed by atoms with Gasteiger partial charge in [-0.25, -0.2) is 4.79 Å². The Balaban J connectivity index is 1.91. The van der Waals surface area contributed by atoms with Crippen molar-refractivity contribution in [2.75, 3.05) is 12.4 Å². The summed E-state index contributed by atoms with van der Waals surface area (Å²) in [5, 5.41) is 7.47. The Bertz CT molecular complexity index is 971. The van der Waals surface area contributed by atoms with Gasteiger partial charge in [-0.15, -0.1) is 11.3 Å². The van der Waals surface area contributed by atoms with E-state index in [2.05, 4.69) is 10.6 Å². The number of esters is 1. The molecule has 6 nitrogen and oxygen atoms in total. The van der Waals surface area contributed by atoms with Crippen molar-refractivity contribution in [1.29, 1.82) is 0 Å². The van der Waals surface area contributed by atoms with Gasteiger partial charge in [0.1, 0.15) is 0 Å². The molecule has 1 heterocycles. The fourth-order valence-corrected chi connectivity index (χ4v) is 3.23. The number of carbonyl (C=O) groups excluding carboxylic acids is 3. The maximum Gasteiger partial charge on any atom is 0.339 e. The van der Waals surface area contributed by atoms with Crippen LogP contribution >= 0.6 is 11.3 Å². The molecule has 0 saturated carbocycles. The average molecular weight is 394 g/mol. The van der Waals surface area contributed by atoms with Gasteiger partial charge in [0.25, 0.3) is 5.91 Å². The molecule has 1 amide bonds. The largest absolute Gasteiger partial charge is 0.465 e. The van der Waals surface area contributed by atoms with Gasteiger partial charge in [0, 0.05) is 5.56 Å². The lowest BCUT2D eigenvalue weighted by Gasteiger charge is -2.21. The highest BCUT2D eigenvalue weighted by Crippen LogP contribution is 2.18. The predicted molar refractivity (Wildman–Crippen MR) is 108 cm³/mol. The fraction of sp³-hybridized carbons (Fsp3) is 0.0952. The van der Waals surface area contributed by atoms with Gasteiger partial charge in [0.05, 0.1) is 23.2 Å². The number of hydrogen-bond donors (Lipinski definition) is 2. The molecule has 0 fully saturated rings. The summed E-state index contributed by atoms with van der Waals surface area (Å²) >= 11 is 1.27. The molecular formula is C21H18N2O4S. The maximum atomic E-state index is 13.0. The SMILES string of the molecule is COC(=O)c1ccccc1N[C@H](NC(=O)c1cccs1)C(=O)c1ccccc1. The van der Waals surface area contributed by atoms with Gasteiger partial charge in [-0.2, -0.15) is 0 Å². The van der Waals surface area contributed by atoms with Gasteiger partial charge in [-0.3, -0.25) is 9.59 Å². The van der Waals surface area contributed by atoms with Gasteiger partial charge < -0.3 is 15.4 Å². The number of benzene rings is 2. The third kappa shape index (κ3) is 4.44. The smallest absolute Gasteiger partial charge is 0.339 e. The van der Waals surface area contributed by atoms with Crippen LogP contribution in [0.25, 0.3) is 0 Å². The second-order valence-electron chi connectivity index (χ2n) is 5.80. The number of carbonyl (C=O) groups is 3. The van der Waals surface area contributed by atoms with Crippen LogP contribution in [-0.2, 0) is 4.74 Å². The summed E-state index contributed by atoms with van der Waals surface area (Å²) in [6.45, 7) is 0. The summed E-state index contributed by atoms with van der Waals surface area (Å²) in [4.78, 5) is 38.1. The molecule has 2 aromatic carbocycles. The average Bonchev–Trinajstić information content (AvgIpc) is 3.28. The number of nitrogens with one attached hydrogen (secondary N) is 2. The van der Waals surface area contributed by atoms with Gasteiger partial charge in [0.15, 0.2) is 6.17 Å². The van der Waals surface area contributed by atoms with Crippen LogP contribution in [-0.4, -0.2) is 30.9 Å². The molecule has 2 N–H and O–H groups in total. The van der Waals surface area contributed by atoms with Crippen LogP contribution in [0.4, 0.5) is 5.69 Å². The van der Waals surface area contributed by atoms with Crippen molar-refractivity contribution in [1.82, 2.24) is 5.32 Å². The zero-order valence-electron chi connectivity index (χ0n) is 15.0. The Labute approximate surface area is 166 Å². The monoisotopic (exact) mass is 394 g/mol. The molecule has 142 valence electrons. The van der Waals surface area contributed by atoms with Crippen LogP contribution in [0.15, 0.2) is 72.1 Å². The molecule has 0 spiro atoms. The molecule has 0 bridgehead atoms. The van der Waals surface area contributed by atoms with E-state index in [4.69, 9.17) is 4.74 Å². The molecule has 7 heteroatoms. The highest BCUT2D eigenvalue weighted by Gasteiger charge is 2.24. The molecule has 1 atom stereocenters. The molecule has 0 aliphatic rings. The lowest BCUT2D eigenvalue weighted by Crippen LogP contribution is -2.46. The van der Waals surface area contributed by atoms with Gasteiger partial charge in [-0.05, 0) is 23.6 Å². The number of thiophene rings is 1. The van der Waals surface area contributed by atoms with Crippen molar-refractivity contribution in [2.24, 2.45) is 0 Å². The zero-order chi connectivity index (χ0) is 19.9. The zero-order valence-corrected chi connectivity index (χ0v) is 15.9. The topological polar surface area (TPSA) is 84.5 Å². The van der Waals surface area contributed by atoms with E-state index >= 15 is 0 Å². The van der Waals surface area contributed by atoms with Crippen LogP contribution < -0.4 is 10.6 Å². The molecule has 0 unspecified atom stereocenters. The quantitative estimate of drug-likeness (QED) is 0.363. The second-order valence-corrected chi connectivity index (χ2v) is 6.74. The Kier molecular flexibility index (Phi) is 6.18. The van der Waals surface area contributed by atoms with Gasteiger partial charge in [-0.1, -0.05) is 48.5 Å². The van der Waals surface area contributed by atoms with Crippen molar-refractivity contribution in [3.8, 4) is 0 Å². The number of ether oxygens (including phenoxy) is 1. The fourth-order valence-electron chi connectivity index (χ4n) is 2.60. The number of Topliss-reactive ketones (excluding diaryl/α,β-unsaturated/α-hetero) is 1. The second kappa shape index (κ2) is 8.96. The highest BCUT2D eigenvalue weighted by atomic mass is 32.1. The van der Waals surface area contributed by atoms with E-state index in [1.54, 1.807) is 72.1 Å². The van der Waals surface area contributed by atoms with E-state index in [0.29, 0.717) is 16.1 Å². The molecule has 3 aromatic rings. The molecule has 3 rings (SSSR count). The van der Waals surface area contributed by atoms with Crippen molar-refractivity contribution < 1.29 is 19.1 Å². The lowest BCUT2D eigenvalue weighted by molar-refractivity contribution is 0.0601. The summed E-state index contributed by atoms with van der Waals surface area (Å²) in [7, 11) is 1.28. The molecule has 28 heavy (non-hydrogen) atoms. The molecule has 0 radical (unpaired) electrons. The lowest BCUT2D eigenvalue weighted by atomic mass is 10.1. The molecule has 0 aliphatic carbocycles. The highest BCUT2D eigenvalue weighted by molar-refractivity contribution is 7.12. The summed E-state index contributed by atoms with van der Waals surface area (Å²) in [6.07, 6.45) is -1.07. The van der Waals surface area contributed by atoms with Crippen LogP contribution in [0.2, 0.25) is 0 Å². The normalized spacial score (nSPS) is 11.3. The van der Waals surface area contributed by atoms with Gasteiger partial charge in [0.2, 0.25) is 5.78 Å². The van der Waals surface area contributed by atoms with E-state index in [1.165, 1.54) is 18.4 Å². The van der Waals surface area contributed by atoms with E-state index in [9.17, 15) is 14.4 Å². The molecule has 0 saturated heterocycles. The summed E-state index contributed by atoms with van der Waals surface area (Å²) < 4.78 is 4.79. The van der Waals surface area contributed by atoms with E-state index in [-0.39, 0.29) is 17.3 Å². The Morgan fingerprint density at radius 1 is 0.929 bits per heavy atom. The third-order valence-electron chi connectivity index (χ3n) is 3.97. The van der Waals surface area contributed by atoms with Crippen molar-refractivity contribution in [3.05, 3.63) is 88.1 Å². The van der Waals surface area contributed by atoms with E-state index < -0.39 is 12.1 Å². The van der Waals surface area contributed by atoms with Crippen molar-refractivity contribution >= 4 is 34.7 Å². The first kappa shape index (κ1) is 19.3. The van der Waals surface area contributed by atoms with Crippen LogP contribution in [0.1, 0.15) is 30.4 Å². The first-order chi connectivity index (χ1) is 13.6. The first-order valence-electron chi connectivity index (χ1n) is 8.47. The number of ketones is 1. The summed E-state index contributed by atoms with van der Waals surface area (Å²) in [5.74, 6) is -1.25. The predicted octanol–water partition coefficient (Wildman–Crippen LogP) is 3.59. The van der Waals surface area contributed by atoms with Crippen molar-refractivity contribution in [2.45, 2.75) is 6.17 Å². The van der Waals surface area contributed by atoms with Crippen LogP contribution in [0.3, 0.4) is 0 Å². The molecule has 0 aliphatic heterocycles. The minimum absolute atomic E-state index is 0.265. The molecule has 1 aromatic heterocycles. The minimum Gasteiger partial charge on any atom is -0.465 e. The number of rotatable bonds is 7. The number of methoxy groups -OCH3 is 1. The Morgan fingerprint density at radius 2 is 1.64 bits per heavy atom. The number of para-hydroxylation sites is 1. The summed E-state index contributed by atoms with van der Waals surface area (Å²) in [6, 6.07) is 18.7. The first-order valence-corrected chi connectivity index (χ1v) is 9.35. The number of anilines is 1. The van der Waals surface area contributed by atoms with Crippen molar-refractivity contribution in [3.63, 3.8) is 0 Å². The Hall–Kier alpha value is -3.45. The van der Waals surface area contributed by atoms with E-state index in [0.717, 1.165) is 0 Å². The summed E-state index contributed by atoms with van der Waals surface area (Å²) in [5.41, 5.74) is 1.08. The number of hydrogen-bond acceptors (Lipinski definition) is 6.